The van der Waals surface area contributed by atoms with E-state index in [9.17, 15) is 10.2 Å². The third-order valence-corrected chi connectivity index (χ3v) is 4.29. The molecule has 0 bridgehead atoms. The molecule has 0 aliphatic heterocycles. The Morgan fingerprint density at radius 3 is 2.52 bits per heavy atom. The Morgan fingerprint density at radius 1 is 1.04 bits per heavy atom. The predicted molar refractivity (Wildman–Crippen MR) is 91.1 cm³/mol. The molecule has 7 heteroatoms. The highest BCUT2D eigenvalue weighted by Gasteiger charge is 2.19. The zero-order chi connectivity index (χ0) is 17.1. The van der Waals surface area contributed by atoms with Crippen molar-refractivity contribution >= 4 is 21.8 Å². The minimum absolute atomic E-state index is 0. The number of benzene rings is 1. The molecular formula is C18H23BrN2O4. The molecule has 0 aliphatic rings. The second kappa shape index (κ2) is 8.62. The Balaban J connectivity index is 0.00000225. The van der Waals surface area contributed by atoms with Gasteiger partial charge in [0.1, 0.15) is 24.5 Å². The van der Waals surface area contributed by atoms with Crippen LogP contribution in [0.15, 0.2) is 30.5 Å². The SMILES string of the molecule is Cc1c2c(cc[n+]1CCO)c1ccc(OCCO)cc1n2CCO.[Br-]. The third-order valence-electron chi connectivity index (χ3n) is 4.29. The number of ether oxygens (including phenoxy) is 1. The van der Waals surface area contributed by atoms with E-state index in [-0.39, 0.29) is 43.4 Å². The van der Waals surface area contributed by atoms with Crippen molar-refractivity contribution in [3.05, 3.63) is 36.2 Å². The first-order valence-corrected chi connectivity index (χ1v) is 8.11. The van der Waals surface area contributed by atoms with E-state index in [1.54, 1.807) is 0 Å². The summed E-state index contributed by atoms with van der Waals surface area (Å²) in [6.45, 7) is 3.37. The van der Waals surface area contributed by atoms with Crippen molar-refractivity contribution in [2.75, 3.05) is 26.4 Å². The molecule has 0 amide bonds. The molecule has 3 aromatic rings. The molecule has 2 heterocycles. The van der Waals surface area contributed by atoms with Crippen LogP contribution in [0.25, 0.3) is 21.8 Å². The van der Waals surface area contributed by atoms with Crippen molar-refractivity contribution in [2.45, 2.75) is 20.0 Å². The summed E-state index contributed by atoms with van der Waals surface area (Å²) < 4.78 is 9.62. The topological polar surface area (TPSA) is 78.7 Å². The van der Waals surface area contributed by atoms with Crippen molar-refractivity contribution in [2.24, 2.45) is 0 Å². The van der Waals surface area contributed by atoms with Crippen molar-refractivity contribution in [1.29, 1.82) is 0 Å². The van der Waals surface area contributed by atoms with Gasteiger partial charge in [-0.3, -0.25) is 0 Å². The first kappa shape index (κ1) is 19.7. The van der Waals surface area contributed by atoms with E-state index in [0.717, 1.165) is 27.5 Å². The van der Waals surface area contributed by atoms with Crippen molar-refractivity contribution in [3.63, 3.8) is 0 Å². The summed E-state index contributed by atoms with van der Waals surface area (Å²) in [6, 6.07) is 7.89. The van der Waals surface area contributed by atoms with E-state index in [2.05, 4.69) is 4.57 Å². The lowest BCUT2D eigenvalue weighted by atomic mass is 10.1. The molecule has 0 saturated heterocycles. The van der Waals surface area contributed by atoms with Crippen LogP contribution in [0.1, 0.15) is 5.69 Å². The molecule has 0 aliphatic carbocycles. The lowest BCUT2D eigenvalue weighted by molar-refractivity contribution is -0.702. The van der Waals surface area contributed by atoms with Gasteiger partial charge in [-0.05, 0) is 12.1 Å². The summed E-state index contributed by atoms with van der Waals surface area (Å²) in [5.41, 5.74) is 3.08. The number of fused-ring (bicyclic) bond motifs is 3. The zero-order valence-electron chi connectivity index (χ0n) is 14.2. The van der Waals surface area contributed by atoms with Crippen LogP contribution in [0.2, 0.25) is 0 Å². The van der Waals surface area contributed by atoms with Crippen LogP contribution in [0.4, 0.5) is 0 Å². The number of aryl methyl sites for hydroxylation is 1. The number of pyridine rings is 1. The van der Waals surface area contributed by atoms with E-state index in [1.165, 1.54) is 0 Å². The van der Waals surface area contributed by atoms with Gasteiger partial charge in [0.25, 0.3) is 0 Å². The molecular weight excluding hydrogens is 388 g/mol. The van der Waals surface area contributed by atoms with E-state index < -0.39 is 0 Å². The lowest BCUT2D eigenvalue weighted by Crippen LogP contribution is -3.00. The van der Waals surface area contributed by atoms with Gasteiger partial charge in [-0.2, -0.15) is 4.57 Å². The Morgan fingerprint density at radius 2 is 1.84 bits per heavy atom. The van der Waals surface area contributed by atoms with E-state index in [0.29, 0.717) is 18.8 Å². The molecule has 3 N–H and O–H groups in total. The molecule has 6 nitrogen and oxygen atoms in total. The van der Waals surface area contributed by atoms with Crippen molar-refractivity contribution in [3.8, 4) is 5.75 Å². The summed E-state index contributed by atoms with van der Waals surface area (Å²) >= 11 is 0. The second-order valence-electron chi connectivity index (χ2n) is 5.71. The van der Waals surface area contributed by atoms with E-state index in [4.69, 9.17) is 9.84 Å². The predicted octanol–water partition coefficient (Wildman–Crippen LogP) is -2.25. The first-order chi connectivity index (χ1) is 11.7. The molecule has 3 rings (SSSR count). The minimum Gasteiger partial charge on any atom is -1.00 e. The third kappa shape index (κ3) is 3.64. The first-order valence-electron chi connectivity index (χ1n) is 8.11. The normalized spacial score (nSPS) is 11.0. The maximum Gasteiger partial charge on any atom is 0.202 e. The van der Waals surface area contributed by atoms with Gasteiger partial charge in [0.05, 0.1) is 18.7 Å². The highest BCUT2D eigenvalue weighted by Crippen LogP contribution is 2.32. The fourth-order valence-electron chi connectivity index (χ4n) is 3.26. The molecule has 0 fully saturated rings. The molecule has 0 unspecified atom stereocenters. The Bertz CT molecular complexity index is 863. The van der Waals surface area contributed by atoms with Gasteiger partial charge in [-0.1, -0.05) is 0 Å². The number of hydrogen-bond donors (Lipinski definition) is 3. The average Bonchev–Trinajstić information content (AvgIpc) is 2.90. The summed E-state index contributed by atoms with van der Waals surface area (Å²) in [5, 5.41) is 29.9. The van der Waals surface area contributed by atoms with Gasteiger partial charge < -0.3 is 41.6 Å². The van der Waals surface area contributed by atoms with Crippen LogP contribution in [0, 0.1) is 6.92 Å². The van der Waals surface area contributed by atoms with Crippen LogP contribution in [0.3, 0.4) is 0 Å². The van der Waals surface area contributed by atoms with Crippen LogP contribution >= 0.6 is 0 Å². The van der Waals surface area contributed by atoms with E-state index >= 15 is 0 Å². The zero-order valence-corrected chi connectivity index (χ0v) is 15.7. The average molecular weight is 411 g/mol. The molecule has 0 radical (unpaired) electrons. The van der Waals surface area contributed by atoms with Crippen LogP contribution in [-0.4, -0.2) is 46.3 Å². The maximum atomic E-state index is 9.50. The van der Waals surface area contributed by atoms with Crippen molar-refractivity contribution < 1.29 is 41.6 Å². The molecule has 1 aromatic carbocycles. The molecule has 0 atom stereocenters. The molecule has 0 saturated carbocycles. The van der Waals surface area contributed by atoms with Crippen LogP contribution < -0.4 is 26.3 Å². The number of rotatable bonds is 7. The number of hydrogen-bond acceptors (Lipinski definition) is 4. The van der Waals surface area contributed by atoms with Gasteiger partial charge in [0, 0.05) is 36.4 Å². The van der Waals surface area contributed by atoms with Gasteiger partial charge in [-0.25, -0.2) is 0 Å². The standard InChI is InChI=1S/C18H23N2O4.BrH/c1-13-18-16(4-5-19(13)6-8-21)15-3-2-14(24-11-10-23)12-17(15)20(18)7-9-22;/h2-5,12,21-23H,6-11H2,1H3;1H/q+1;/p-1. The quantitative estimate of drug-likeness (QED) is 0.384. The Kier molecular flexibility index (Phi) is 6.78. The lowest BCUT2D eigenvalue weighted by Gasteiger charge is -2.08. The van der Waals surface area contributed by atoms with Crippen molar-refractivity contribution in [1.82, 2.24) is 4.57 Å². The van der Waals surface area contributed by atoms with Gasteiger partial charge in [-0.15, -0.1) is 0 Å². The summed E-state index contributed by atoms with van der Waals surface area (Å²) in [5.74, 6) is 0.694. The Labute approximate surface area is 156 Å². The molecule has 2 aromatic heterocycles. The number of halogens is 1. The fourth-order valence-corrected chi connectivity index (χ4v) is 3.26. The van der Waals surface area contributed by atoms with Crippen LogP contribution in [0.5, 0.6) is 5.75 Å². The number of aliphatic hydroxyl groups is 3. The molecule has 25 heavy (non-hydrogen) atoms. The summed E-state index contributed by atoms with van der Waals surface area (Å²) in [4.78, 5) is 0. The number of aromatic nitrogens is 2. The largest absolute Gasteiger partial charge is 1.00 e. The van der Waals surface area contributed by atoms with Gasteiger partial charge >= 0.3 is 0 Å². The number of nitrogens with zero attached hydrogens (tertiary/aromatic N) is 2. The second-order valence-corrected chi connectivity index (χ2v) is 5.71. The smallest absolute Gasteiger partial charge is 0.202 e. The van der Waals surface area contributed by atoms with Gasteiger partial charge in [0.15, 0.2) is 12.7 Å². The maximum absolute atomic E-state index is 9.50. The molecule has 0 spiro atoms. The fraction of sp³-hybridized carbons (Fsp3) is 0.389. The summed E-state index contributed by atoms with van der Waals surface area (Å²) in [7, 11) is 0. The summed E-state index contributed by atoms with van der Waals surface area (Å²) in [6.07, 6.45) is 1.98. The monoisotopic (exact) mass is 410 g/mol. The highest BCUT2D eigenvalue weighted by molar-refractivity contribution is 6.08. The number of aliphatic hydroxyl groups excluding tert-OH is 3. The van der Waals surface area contributed by atoms with E-state index in [1.807, 2.05) is 42.0 Å². The Hall–Kier alpha value is -1.67. The molecule has 136 valence electrons. The highest BCUT2D eigenvalue weighted by atomic mass is 79.9. The van der Waals surface area contributed by atoms with Gasteiger partial charge in [0.2, 0.25) is 5.69 Å². The van der Waals surface area contributed by atoms with Crippen LogP contribution in [-0.2, 0) is 13.1 Å². The minimum atomic E-state index is -0.0298.